The van der Waals surface area contributed by atoms with Crippen molar-refractivity contribution >= 4 is 37.2 Å². The van der Waals surface area contributed by atoms with Crippen molar-refractivity contribution in [2.75, 3.05) is 25.9 Å². The Morgan fingerprint density at radius 3 is 2.58 bits per heavy atom. The maximum atomic E-state index is 13.3. The van der Waals surface area contributed by atoms with Crippen molar-refractivity contribution in [3.05, 3.63) is 41.5 Å². The number of carbonyl (C=O) groups excluding carboxylic acids is 3. The second kappa shape index (κ2) is 11.4. The topological polar surface area (TPSA) is 101 Å². The molecule has 0 aromatic heterocycles. The van der Waals surface area contributed by atoms with Gasteiger partial charge in [0.2, 0.25) is 7.85 Å². The molecule has 0 saturated carbocycles. The summed E-state index contributed by atoms with van der Waals surface area (Å²) in [6.45, 7) is 6.97. The van der Waals surface area contributed by atoms with Crippen LogP contribution in [0.25, 0.3) is 6.08 Å². The lowest BCUT2D eigenvalue weighted by atomic mass is 9.99. The Morgan fingerprint density at radius 2 is 1.92 bits per heavy atom. The quantitative estimate of drug-likeness (QED) is 0.353. The average Bonchev–Trinajstić information content (AvgIpc) is 3.13. The standard InChI is InChI=1S/C26H32BNO8/c1-15-10-11-19(29)23-20(35-26(3,4)36-23)9-7-8-17-12-18(28(5)25(27)31)13-21(33-14-32-6)22(17)24(30)34-16(15)2/h7-8,10-13,15-16,20,23H,9,14H2,1-6H3/b8-7+,11-10-/t15-,16+,20+,23?/m1/s1. The zero-order valence-electron chi connectivity index (χ0n) is 21.5. The minimum absolute atomic E-state index is 0.131. The molecule has 1 saturated heterocycles. The lowest BCUT2D eigenvalue weighted by Crippen LogP contribution is -2.30. The van der Waals surface area contributed by atoms with E-state index in [9.17, 15) is 14.4 Å². The van der Waals surface area contributed by atoms with Crippen LogP contribution in [0.1, 0.15) is 50.0 Å². The van der Waals surface area contributed by atoms with Crippen LogP contribution in [0.2, 0.25) is 0 Å². The normalized spacial score (nSPS) is 27.7. The van der Waals surface area contributed by atoms with Crippen molar-refractivity contribution in [1.82, 2.24) is 0 Å². The number of methoxy groups -OCH3 is 1. The van der Waals surface area contributed by atoms with Gasteiger partial charge in [-0.25, -0.2) is 4.79 Å². The summed E-state index contributed by atoms with van der Waals surface area (Å²) in [6, 6.07) is 3.16. The smallest absolute Gasteiger partial charge is 0.342 e. The molecule has 1 fully saturated rings. The van der Waals surface area contributed by atoms with Gasteiger partial charge in [-0.2, -0.15) is 0 Å². The van der Waals surface area contributed by atoms with Gasteiger partial charge in [-0.1, -0.05) is 25.2 Å². The van der Waals surface area contributed by atoms with Gasteiger partial charge in [0.25, 0.3) is 0 Å². The molecule has 0 aliphatic carbocycles. The highest BCUT2D eigenvalue weighted by Crippen LogP contribution is 2.34. The Morgan fingerprint density at radius 1 is 1.19 bits per heavy atom. The second-order valence-electron chi connectivity index (χ2n) is 9.32. The van der Waals surface area contributed by atoms with Gasteiger partial charge in [-0.05, 0) is 44.9 Å². The summed E-state index contributed by atoms with van der Waals surface area (Å²) in [6.07, 6.45) is 5.09. The van der Waals surface area contributed by atoms with Crippen LogP contribution in [0, 0.1) is 5.92 Å². The van der Waals surface area contributed by atoms with Crippen molar-refractivity contribution in [2.45, 2.75) is 58.2 Å². The van der Waals surface area contributed by atoms with E-state index in [2.05, 4.69) is 0 Å². The van der Waals surface area contributed by atoms with Gasteiger partial charge in [0, 0.05) is 31.8 Å². The molecule has 1 unspecified atom stereocenters. The first-order chi connectivity index (χ1) is 16.9. The number of benzene rings is 1. The molecule has 10 heteroatoms. The highest BCUT2D eigenvalue weighted by Gasteiger charge is 2.43. The fourth-order valence-corrected chi connectivity index (χ4v) is 3.94. The molecule has 1 aromatic carbocycles. The molecule has 192 valence electrons. The third-order valence-electron chi connectivity index (χ3n) is 6.10. The molecule has 0 N–H and O–H groups in total. The Bertz CT molecular complexity index is 1070. The van der Waals surface area contributed by atoms with Crippen LogP contribution in [0.4, 0.5) is 10.5 Å². The number of cyclic esters (lactones) is 1. The van der Waals surface area contributed by atoms with E-state index < -0.39 is 35.9 Å². The third kappa shape index (κ3) is 6.43. The molecule has 1 aromatic rings. The first kappa shape index (κ1) is 27.6. The number of amides is 1. The number of hydrogen-bond donors (Lipinski definition) is 0. The lowest BCUT2D eigenvalue weighted by molar-refractivity contribution is -0.152. The molecule has 0 spiro atoms. The number of ketones is 1. The summed E-state index contributed by atoms with van der Waals surface area (Å²) in [5.74, 6) is -2.54. The molecule has 2 aliphatic rings. The Kier molecular flexibility index (Phi) is 8.76. The molecule has 0 bridgehead atoms. The first-order valence-corrected chi connectivity index (χ1v) is 11.7. The number of hydrogen-bond acceptors (Lipinski definition) is 8. The second-order valence-corrected chi connectivity index (χ2v) is 9.32. The Balaban J connectivity index is 2.13. The monoisotopic (exact) mass is 497 g/mol. The average molecular weight is 497 g/mol. The summed E-state index contributed by atoms with van der Waals surface area (Å²) in [5.41, 5.74) is 1.01. The van der Waals surface area contributed by atoms with Gasteiger partial charge < -0.3 is 28.6 Å². The molecule has 2 radical (unpaired) electrons. The van der Waals surface area contributed by atoms with Crippen LogP contribution in [-0.2, 0) is 23.7 Å². The van der Waals surface area contributed by atoms with Crippen LogP contribution in [-0.4, -0.2) is 70.5 Å². The van der Waals surface area contributed by atoms with Gasteiger partial charge in [0.1, 0.15) is 23.5 Å². The van der Waals surface area contributed by atoms with E-state index in [0.717, 1.165) is 0 Å². The van der Waals surface area contributed by atoms with E-state index in [1.165, 1.54) is 31.2 Å². The summed E-state index contributed by atoms with van der Waals surface area (Å²) in [4.78, 5) is 39.3. The summed E-state index contributed by atoms with van der Waals surface area (Å²) >= 11 is 0. The predicted molar refractivity (Wildman–Crippen MR) is 134 cm³/mol. The van der Waals surface area contributed by atoms with Crippen molar-refractivity contribution in [3.63, 3.8) is 0 Å². The van der Waals surface area contributed by atoms with E-state index in [1.807, 2.05) is 6.92 Å². The SMILES string of the molecule is [B]C(=O)N(C)c1cc2c(c(OCOC)c1)C(=O)O[C@@H](C)[C@H](C)/C=C\C(=O)C1OC(C)(C)O[C@H]1C/C=C/2. The summed E-state index contributed by atoms with van der Waals surface area (Å²) in [7, 11) is 8.43. The fraction of sp³-hybridized carbons (Fsp3) is 0.500. The molecule has 2 aliphatic heterocycles. The lowest BCUT2D eigenvalue weighted by Gasteiger charge is -2.23. The van der Waals surface area contributed by atoms with Gasteiger partial charge in [0.05, 0.1) is 6.10 Å². The van der Waals surface area contributed by atoms with E-state index in [4.69, 9.17) is 31.5 Å². The number of nitrogens with zero attached hydrogens (tertiary/aromatic N) is 1. The number of fused-ring (bicyclic) bond motifs is 2. The van der Waals surface area contributed by atoms with Crippen LogP contribution in [0.15, 0.2) is 30.4 Å². The summed E-state index contributed by atoms with van der Waals surface area (Å²) < 4.78 is 28.3. The van der Waals surface area contributed by atoms with E-state index in [1.54, 1.807) is 45.1 Å². The summed E-state index contributed by atoms with van der Waals surface area (Å²) in [5, 5.41) is 0. The zero-order chi connectivity index (χ0) is 26.6. The fourth-order valence-electron chi connectivity index (χ4n) is 3.94. The maximum Gasteiger partial charge on any atom is 0.342 e. The maximum absolute atomic E-state index is 13.3. The van der Waals surface area contributed by atoms with Crippen LogP contribution < -0.4 is 9.64 Å². The highest BCUT2D eigenvalue weighted by atomic mass is 16.8. The first-order valence-electron chi connectivity index (χ1n) is 11.7. The number of rotatable bonds is 4. The van der Waals surface area contributed by atoms with Gasteiger partial charge in [0.15, 0.2) is 24.2 Å². The predicted octanol–water partition coefficient (Wildman–Crippen LogP) is 3.64. The van der Waals surface area contributed by atoms with Gasteiger partial charge in [-0.15, -0.1) is 0 Å². The molecule has 1 amide bonds. The van der Waals surface area contributed by atoms with Crippen molar-refractivity contribution in [3.8, 4) is 5.75 Å². The number of carbonyl (C=O) groups is 3. The Labute approximate surface area is 212 Å². The highest BCUT2D eigenvalue weighted by molar-refractivity contribution is 6.60. The van der Waals surface area contributed by atoms with E-state index in [0.29, 0.717) is 17.7 Å². The number of anilines is 1. The van der Waals surface area contributed by atoms with Gasteiger partial charge >= 0.3 is 5.97 Å². The molecule has 9 nitrogen and oxygen atoms in total. The van der Waals surface area contributed by atoms with Crippen LogP contribution >= 0.6 is 0 Å². The molecular weight excluding hydrogens is 465 g/mol. The van der Waals surface area contributed by atoms with Gasteiger partial charge in [-0.3, -0.25) is 9.59 Å². The number of ether oxygens (including phenoxy) is 5. The molecule has 4 atom stereocenters. The van der Waals surface area contributed by atoms with Crippen molar-refractivity contribution < 1.29 is 38.1 Å². The largest absolute Gasteiger partial charge is 0.467 e. The minimum atomic E-state index is -0.922. The molecule has 36 heavy (non-hydrogen) atoms. The molecular formula is C26H32BNO8. The molecule has 2 heterocycles. The van der Waals surface area contributed by atoms with Crippen LogP contribution in [0.5, 0.6) is 5.75 Å². The zero-order valence-corrected chi connectivity index (χ0v) is 21.5. The molecule has 3 rings (SSSR count). The van der Waals surface area contributed by atoms with E-state index >= 15 is 0 Å². The van der Waals surface area contributed by atoms with Crippen molar-refractivity contribution in [1.29, 1.82) is 0 Å². The van der Waals surface area contributed by atoms with Crippen molar-refractivity contribution in [2.24, 2.45) is 5.92 Å². The Hall–Kier alpha value is -2.95. The van der Waals surface area contributed by atoms with Crippen LogP contribution in [0.3, 0.4) is 0 Å². The van der Waals surface area contributed by atoms with E-state index in [-0.39, 0.29) is 29.8 Å². The third-order valence-corrected chi connectivity index (χ3v) is 6.10. The minimum Gasteiger partial charge on any atom is -0.467 e. The number of esters is 1.